The van der Waals surface area contributed by atoms with E-state index in [-0.39, 0.29) is 12.1 Å². The molecule has 2 amide bonds. The van der Waals surface area contributed by atoms with Gasteiger partial charge in [0.05, 0.1) is 29.7 Å². The summed E-state index contributed by atoms with van der Waals surface area (Å²) in [6, 6.07) is 30.2. The molecular weight excluding hydrogens is 458 g/mol. The fourth-order valence-corrected chi connectivity index (χ4v) is 5.17. The van der Waals surface area contributed by atoms with Crippen LogP contribution in [0.3, 0.4) is 0 Å². The highest BCUT2D eigenvalue weighted by atomic mass is 16.2. The van der Waals surface area contributed by atoms with Gasteiger partial charge in [-0.25, -0.2) is 9.48 Å². The quantitative estimate of drug-likeness (QED) is 0.307. The number of benzene rings is 3. The molecule has 0 spiro atoms. The van der Waals surface area contributed by atoms with E-state index < -0.39 is 0 Å². The van der Waals surface area contributed by atoms with Crippen molar-refractivity contribution in [2.45, 2.75) is 33.4 Å². The van der Waals surface area contributed by atoms with E-state index in [1.807, 2.05) is 72.0 Å². The van der Waals surface area contributed by atoms with Gasteiger partial charge in [0, 0.05) is 17.4 Å². The number of hydrogen-bond donors (Lipinski definition) is 1. The van der Waals surface area contributed by atoms with Crippen LogP contribution in [-0.2, 0) is 6.54 Å². The van der Waals surface area contributed by atoms with Gasteiger partial charge < -0.3 is 14.8 Å². The first-order chi connectivity index (χ1) is 18.0. The molecule has 1 aliphatic rings. The van der Waals surface area contributed by atoms with Crippen molar-refractivity contribution in [1.82, 2.24) is 19.2 Å². The van der Waals surface area contributed by atoms with Crippen LogP contribution in [0, 0.1) is 20.8 Å². The number of aryl methyl sites for hydroxylation is 3. The van der Waals surface area contributed by atoms with Gasteiger partial charge in [0.1, 0.15) is 5.82 Å². The van der Waals surface area contributed by atoms with E-state index in [1.165, 1.54) is 0 Å². The fourth-order valence-electron chi connectivity index (χ4n) is 5.17. The summed E-state index contributed by atoms with van der Waals surface area (Å²) in [5.41, 5.74) is 8.07. The number of anilines is 1. The van der Waals surface area contributed by atoms with E-state index >= 15 is 0 Å². The molecular formula is C31H29N5O. The minimum absolute atomic E-state index is 0.150. The Morgan fingerprint density at radius 2 is 1.65 bits per heavy atom. The number of fused-ring (bicyclic) bond motifs is 3. The Balaban J connectivity index is 1.53. The smallest absolute Gasteiger partial charge is 0.308 e. The van der Waals surface area contributed by atoms with Gasteiger partial charge in [-0.1, -0.05) is 65.7 Å². The molecule has 0 saturated carbocycles. The monoisotopic (exact) mass is 487 g/mol. The van der Waals surface area contributed by atoms with E-state index in [4.69, 9.17) is 5.10 Å². The lowest BCUT2D eigenvalue weighted by Gasteiger charge is -2.31. The minimum atomic E-state index is -0.281. The van der Waals surface area contributed by atoms with Gasteiger partial charge in [0.2, 0.25) is 0 Å². The fraction of sp³-hybridized carbons (Fsp3) is 0.161. The summed E-state index contributed by atoms with van der Waals surface area (Å²) in [5, 5.41) is 8.06. The zero-order chi connectivity index (χ0) is 25.5. The van der Waals surface area contributed by atoms with E-state index in [2.05, 4.69) is 65.5 Å². The Kier molecular flexibility index (Phi) is 5.64. The highest BCUT2D eigenvalue weighted by molar-refractivity contribution is 5.90. The third-order valence-corrected chi connectivity index (χ3v) is 7.01. The maximum absolute atomic E-state index is 14.0. The third kappa shape index (κ3) is 4.10. The van der Waals surface area contributed by atoms with Crippen LogP contribution in [-0.4, -0.2) is 25.3 Å². The predicted molar refractivity (Wildman–Crippen MR) is 146 cm³/mol. The van der Waals surface area contributed by atoms with E-state index in [9.17, 15) is 4.79 Å². The minimum Gasteiger partial charge on any atom is -0.308 e. The highest BCUT2D eigenvalue weighted by Gasteiger charge is 2.36. The second kappa shape index (κ2) is 9.13. The van der Waals surface area contributed by atoms with Crippen molar-refractivity contribution in [3.63, 3.8) is 0 Å². The van der Waals surface area contributed by atoms with Gasteiger partial charge in [0.15, 0.2) is 0 Å². The van der Waals surface area contributed by atoms with Crippen LogP contribution in [0.15, 0.2) is 97.2 Å². The number of rotatable bonds is 3. The second-order valence-electron chi connectivity index (χ2n) is 9.68. The molecule has 0 saturated heterocycles. The number of aromatic nitrogens is 3. The first-order valence-electron chi connectivity index (χ1n) is 12.5. The Hall–Kier alpha value is -4.58. The molecule has 1 atom stereocenters. The average molecular weight is 488 g/mol. The van der Waals surface area contributed by atoms with Gasteiger partial charge >= 0.3 is 6.03 Å². The molecule has 0 fully saturated rings. The molecule has 6 nitrogen and oxygen atoms in total. The Labute approximate surface area is 216 Å². The van der Waals surface area contributed by atoms with Crippen molar-refractivity contribution in [2.24, 2.45) is 0 Å². The first kappa shape index (κ1) is 22.9. The number of carbonyl (C=O) groups excluding carboxylic acids is 1. The molecule has 0 unspecified atom stereocenters. The molecule has 1 N–H and O–H groups in total. The van der Waals surface area contributed by atoms with Crippen molar-refractivity contribution in [2.75, 3.05) is 5.32 Å². The third-order valence-electron chi connectivity index (χ3n) is 7.01. The van der Waals surface area contributed by atoms with Gasteiger partial charge in [-0.15, -0.1) is 0 Å². The molecule has 3 heterocycles. The van der Waals surface area contributed by atoms with E-state index in [0.29, 0.717) is 6.54 Å². The molecule has 6 heteroatoms. The highest BCUT2D eigenvalue weighted by Crippen LogP contribution is 2.39. The molecule has 5 aromatic rings. The number of hydrogen-bond acceptors (Lipinski definition) is 2. The lowest BCUT2D eigenvalue weighted by atomic mass is 10.00. The number of urea groups is 1. The summed E-state index contributed by atoms with van der Waals surface area (Å²) in [5.74, 6) is 0.965. The maximum atomic E-state index is 14.0. The van der Waals surface area contributed by atoms with Crippen molar-refractivity contribution in [3.05, 3.63) is 131 Å². The zero-order valence-corrected chi connectivity index (χ0v) is 21.2. The normalized spacial score (nSPS) is 14.6. The van der Waals surface area contributed by atoms with E-state index in [1.54, 1.807) is 0 Å². The van der Waals surface area contributed by atoms with Gasteiger partial charge in [-0.2, -0.15) is 5.10 Å². The summed E-state index contributed by atoms with van der Waals surface area (Å²) in [7, 11) is 0. The second-order valence-corrected chi connectivity index (χ2v) is 9.68. The van der Waals surface area contributed by atoms with E-state index in [0.717, 1.165) is 50.8 Å². The number of amides is 2. The number of nitrogens with one attached hydrogen (secondary N) is 1. The molecule has 2 aromatic heterocycles. The molecule has 3 aromatic carbocycles. The van der Waals surface area contributed by atoms with Crippen LogP contribution >= 0.6 is 0 Å². The van der Waals surface area contributed by atoms with Crippen molar-refractivity contribution in [1.29, 1.82) is 0 Å². The molecule has 37 heavy (non-hydrogen) atoms. The molecule has 0 radical (unpaired) electrons. The molecule has 184 valence electrons. The summed E-state index contributed by atoms with van der Waals surface area (Å²) >= 11 is 0. The molecule has 1 aliphatic heterocycles. The maximum Gasteiger partial charge on any atom is 0.322 e. The van der Waals surface area contributed by atoms with Crippen LogP contribution in [0.25, 0.3) is 11.5 Å². The zero-order valence-electron chi connectivity index (χ0n) is 21.2. The van der Waals surface area contributed by atoms with Crippen molar-refractivity contribution < 1.29 is 4.79 Å². The first-order valence-corrected chi connectivity index (χ1v) is 12.5. The van der Waals surface area contributed by atoms with Crippen LogP contribution in [0.1, 0.15) is 39.7 Å². The van der Waals surface area contributed by atoms with Gasteiger partial charge in [-0.3, -0.25) is 0 Å². The lowest BCUT2D eigenvalue weighted by molar-refractivity contribution is 0.194. The van der Waals surface area contributed by atoms with Crippen molar-refractivity contribution >= 4 is 11.7 Å². The number of para-hydroxylation sites is 1. The molecule has 0 aliphatic carbocycles. The SMILES string of the molecule is Cc1ccc(NC(=O)N2Cc3c(C)nn(-c4ccccc4)c3-n3cccc3[C@@H]2c2cccc(C)c2)cc1. The van der Waals surface area contributed by atoms with Crippen LogP contribution in [0.2, 0.25) is 0 Å². The summed E-state index contributed by atoms with van der Waals surface area (Å²) in [6.07, 6.45) is 2.07. The van der Waals surface area contributed by atoms with Crippen LogP contribution in [0.4, 0.5) is 10.5 Å². The van der Waals surface area contributed by atoms with Crippen molar-refractivity contribution in [3.8, 4) is 11.5 Å². The van der Waals surface area contributed by atoms with Crippen LogP contribution < -0.4 is 5.32 Å². The Morgan fingerprint density at radius 1 is 0.865 bits per heavy atom. The Morgan fingerprint density at radius 3 is 2.41 bits per heavy atom. The molecule has 6 rings (SSSR count). The lowest BCUT2D eigenvalue weighted by Crippen LogP contribution is -2.38. The predicted octanol–water partition coefficient (Wildman–Crippen LogP) is 6.73. The number of carbonyl (C=O) groups is 1. The van der Waals surface area contributed by atoms with Gasteiger partial charge in [0.25, 0.3) is 0 Å². The molecule has 0 bridgehead atoms. The van der Waals surface area contributed by atoms with Crippen LogP contribution in [0.5, 0.6) is 0 Å². The summed E-state index contributed by atoms with van der Waals surface area (Å²) in [4.78, 5) is 15.9. The summed E-state index contributed by atoms with van der Waals surface area (Å²) in [6.45, 7) is 6.57. The van der Waals surface area contributed by atoms with Gasteiger partial charge in [-0.05, 0) is 62.7 Å². The topological polar surface area (TPSA) is 55.1 Å². The largest absolute Gasteiger partial charge is 0.322 e. The number of nitrogens with zero attached hydrogens (tertiary/aromatic N) is 4. The Bertz CT molecular complexity index is 1580. The summed E-state index contributed by atoms with van der Waals surface area (Å²) < 4.78 is 4.18. The average Bonchev–Trinajstić information content (AvgIpc) is 3.46. The standard InChI is InChI=1S/C31H29N5O/c1-21-14-16-25(17-15-21)32-31(37)35-20-27-23(3)33-36(26-11-5-4-6-12-26)30(27)34-18-8-13-28(34)29(35)24-10-7-9-22(2)19-24/h4-19,29H,20H2,1-3H3,(H,32,37)/t29-/m0/s1.